The largest absolute Gasteiger partial charge is 0.343 e. The van der Waals surface area contributed by atoms with Crippen LogP contribution in [-0.4, -0.2) is 38.0 Å². The molecule has 2 saturated carbocycles. The van der Waals surface area contributed by atoms with E-state index in [4.69, 9.17) is 18.9 Å². The lowest BCUT2D eigenvalue weighted by Crippen LogP contribution is -2.69. The van der Waals surface area contributed by atoms with Gasteiger partial charge in [0.2, 0.25) is 11.6 Å². The van der Waals surface area contributed by atoms with E-state index in [1.165, 1.54) is 42.4 Å². The van der Waals surface area contributed by atoms with E-state index in [-0.39, 0.29) is 5.41 Å². The highest BCUT2D eigenvalue weighted by Gasteiger charge is 2.78. The Balaban J connectivity index is 1.40. The SMILES string of the molecule is C=CCc1ccc(C2=C3[C@H]4CCCCC4=CC[C@H]3[C@@H]3CC45OCCOC4(OCCO5)[C@@]3(C)C2)cc1. The zero-order chi connectivity index (χ0) is 23.7. The molecule has 0 bridgehead atoms. The molecule has 186 valence electrons. The van der Waals surface area contributed by atoms with Gasteiger partial charge in [0.05, 0.1) is 26.4 Å². The van der Waals surface area contributed by atoms with Crippen LogP contribution in [0.1, 0.15) is 63.0 Å². The minimum Gasteiger partial charge on any atom is -0.343 e. The minimum absolute atomic E-state index is 0.211. The van der Waals surface area contributed by atoms with Gasteiger partial charge in [-0.1, -0.05) is 60.9 Å². The van der Waals surface area contributed by atoms with Crippen LogP contribution in [0.25, 0.3) is 5.57 Å². The minimum atomic E-state index is -0.836. The van der Waals surface area contributed by atoms with Gasteiger partial charge in [-0.15, -0.1) is 6.58 Å². The van der Waals surface area contributed by atoms with Crippen molar-refractivity contribution in [3.63, 3.8) is 0 Å². The van der Waals surface area contributed by atoms with E-state index in [0.29, 0.717) is 44.2 Å². The second kappa shape index (κ2) is 8.14. The number of hydrogen-bond acceptors (Lipinski definition) is 4. The van der Waals surface area contributed by atoms with Crippen molar-refractivity contribution in [3.8, 4) is 0 Å². The summed E-state index contributed by atoms with van der Waals surface area (Å²) in [5.74, 6) is -0.124. The lowest BCUT2D eigenvalue weighted by atomic mass is 9.54. The van der Waals surface area contributed by atoms with Crippen molar-refractivity contribution >= 4 is 5.57 Å². The topological polar surface area (TPSA) is 36.9 Å². The lowest BCUT2D eigenvalue weighted by molar-refractivity contribution is -0.472. The molecule has 0 amide bonds. The molecule has 6 aliphatic rings. The van der Waals surface area contributed by atoms with Gasteiger partial charge in [-0.3, -0.25) is 0 Å². The van der Waals surface area contributed by atoms with E-state index in [1.54, 1.807) is 11.1 Å². The number of benzene rings is 1. The monoisotopic (exact) mass is 474 g/mol. The predicted molar refractivity (Wildman–Crippen MR) is 136 cm³/mol. The van der Waals surface area contributed by atoms with Crippen molar-refractivity contribution in [2.75, 3.05) is 26.4 Å². The van der Waals surface area contributed by atoms with Gasteiger partial charge in [-0.2, -0.15) is 0 Å². The molecule has 0 N–H and O–H groups in total. The van der Waals surface area contributed by atoms with Crippen molar-refractivity contribution in [3.05, 3.63) is 65.3 Å². The summed E-state index contributed by atoms with van der Waals surface area (Å²) in [4.78, 5) is 0. The van der Waals surface area contributed by atoms with E-state index in [1.807, 2.05) is 6.08 Å². The molecule has 2 saturated heterocycles. The standard InChI is InChI=1S/C31H38O4/c1-3-6-21-9-11-23(12-10-21)26-19-29(2)27(25-14-13-22-7-4-5-8-24(22)28(25)26)20-30-31(29,34-17-15-32-30)35-18-16-33-30/h3,9-13,24-25,27H,1,4-8,14-20H2,2H3/t24-,25-,27-,29-,30?,31?/m0/s1. The summed E-state index contributed by atoms with van der Waals surface area (Å²) in [5.41, 5.74) is 7.41. The normalized spacial score (nSPS) is 42.2. The molecule has 2 heterocycles. The molecule has 4 aliphatic carbocycles. The molecule has 35 heavy (non-hydrogen) atoms. The summed E-state index contributed by atoms with van der Waals surface area (Å²) in [6, 6.07) is 9.26. The van der Waals surface area contributed by atoms with Crippen LogP contribution in [0, 0.1) is 23.2 Å². The molecule has 0 spiro atoms. The molecule has 0 radical (unpaired) electrons. The van der Waals surface area contributed by atoms with Crippen molar-refractivity contribution in [2.24, 2.45) is 23.2 Å². The summed E-state index contributed by atoms with van der Waals surface area (Å²) in [7, 11) is 0. The molecule has 4 heteroatoms. The van der Waals surface area contributed by atoms with Gasteiger partial charge in [0.1, 0.15) is 0 Å². The maximum Gasteiger partial charge on any atom is 0.230 e. The quantitative estimate of drug-likeness (QED) is 0.487. The van der Waals surface area contributed by atoms with Gasteiger partial charge in [0.15, 0.2) is 0 Å². The molecule has 1 aromatic rings. The lowest BCUT2D eigenvalue weighted by Gasteiger charge is -2.57. The molecule has 1 aromatic carbocycles. The zero-order valence-electron chi connectivity index (χ0n) is 21.0. The van der Waals surface area contributed by atoms with Gasteiger partial charge in [-0.05, 0) is 67.1 Å². The number of hydrogen-bond donors (Lipinski definition) is 0. The molecule has 0 aromatic heterocycles. The average molecular weight is 475 g/mol. The fourth-order valence-electron chi connectivity index (χ4n) is 8.75. The Morgan fingerprint density at radius 3 is 2.49 bits per heavy atom. The fraction of sp³-hybridized carbons (Fsp3) is 0.613. The van der Waals surface area contributed by atoms with Gasteiger partial charge in [-0.25, -0.2) is 0 Å². The molecule has 4 nitrogen and oxygen atoms in total. The van der Waals surface area contributed by atoms with Gasteiger partial charge in [0, 0.05) is 17.8 Å². The van der Waals surface area contributed by atoms with E-state index in [0.717, 1.165) is 25.7 Å². The van der Waals surface area contributed by atoms with Crippen LogP contribution < -0.4 is 0 Å². The molecule has 2 aliphatic heterocycles. The number of rotatable bonds is 3. The zero-order valence-corrected chi connectivity index (χ0v) is 21.0. The summed E-state index contributed by atoms with van der Waals surface area (Å²) in [6.07, 6.45) is 13.6. The fourth-order valence-corrected chi connectivity index (χ4v) is 8.75. The van der Waals surface area contributed by atoms with Crippen molar-refractivity contribution in [1.29, 1.82) is 0 Å². The molecule has 0 unspecified atom stereocenters. The third-order valence-corrected chi connectivity index (χ3v) is 10.1. The average Bonchev–Trinajstić information content (AvgIpc) is 3.15. The van der Waals surface area contributed by atoms with Gasteiger partial charge >= 0.3 is 0 Å². The number of allylic oxidation sites excluding steroid dienone is 5. The Morgan fingerprint density at radius 1 is 1.00 bits per heavy atom. The first kappa shape index (κ1) is 22.5. The van der Waals surface area contributed by atoms with Crippen molar-refractivity contribution < 1.29 is 18.9 Å². The van der Waals surface area contributed by atoms with E-state index >= 15 is 0 Å². The van der Waals surface area contributed by atoms with Gasteiger partial charge < -0.3 is 18.9 Å². The first-order valence-electron chi connectivity index (χ1n) is 13.8. The van der Waals surface area contributed by atoms with E-state index in [2.05, 4.69) is 43.8 Å². The summed E-state index contributed by atoms with van der Waals surface area (Å²) >= 11 is 0. The highest BCUT2D eigenvalue weighted by Crippen LogP contribution is 2.71. The maximum atomic E-state index is 6.66. The second-order valence-corrected chi connectivity index (χ2v) is 11.7. The Labute approximate surface area is 209 Å². The van der Waals surface area contributed by atoms with Crippen LogP contribution in [0.2, 0.25) is 0 Å². The third kappa shape index (κ3) is 3.00. The van der Waals surface area contributed by atoms with E-state index in [9.17, 15) is 0 Å². The highest BCUT2D eigenvalue weighted by molar-refractivity contribution is 5.73. The Bertz CT molecular complexity index is 1070. The highest BCUT2D eigenvalue weighted by atomic mass is 16.8. The van der Waals surface area contributed by atoms with E-state index < -0.39 is 11.6 Å². The molecule has 4 atom stereocenters. The Kier molecular flexibility index (Phi) is 5.23. The molecular formula is C31H38O4. The second-order valence-electron chi connectivity index (χ2n) is 11.7. The molecular weight excluding hydrogens is 436 g/mol. The first-order valence-corrected chi connectivity index (χ1v) is 13.8. The molecule has 7 rings (SSSR count). The summed E-state index contributed by atoms with van der Waals surface area (Å²) in [5, 5.41) is 0. The predicted octanol–water partition coefficient (Wildman–Crippen LogP) is 6.22. The van der Waals surface area contributed by atoms with Crippen LogP contribution in [0.15, 0.2) is 54.1 Å². The van der Waals surface area contributed by atoms with Crippen LogP contribution in [-0.2, 0) is 25.4 Å². The van der Waals surface area contributed by atoms with Gasteiger partial charge in [0.25, 0.3) is 0 Å². The van der Waals surface area contributed by atoms with Crippen LogP contribution in [0.5, 0.6) is 0 Å². The third-order valence-electron chi connectivity index (χ3n) is 10.1. The first-order chi connectivity index (χ1) is 17.1. The van der Waals surface area contributed by atoms with Crippen LogP contribution in [0.3, 0.4) is 0 Å². The summed E-state index contributed by atoms with van der Waals surface area (Å²) in [6.45, 7) is 8.60. The Hall–Kier alpha value is -1.72. The maximum absolute atomic E-state index is 6.66. The summed E-state index contributed by atoms with van der Waals surface area (Å²) < 4.78 is 26.3. The van der Waals surface area contributed by atoms with Crippen molar-refractivity contribution in [1.82, 2.24) is 0 Å². The number of ether oxygens (including phenoxy) is 4. The molecule has 4 fully saturated rings. The number of fused-ring (bicyclic) bond motifs is 5. The van der Waals surface area contributed by atoms with Crippen LogP contribution in [0.4, 0.5) is 0 Å². The smallest absolute Gasteiger partial charge is 0.230 e. The Morgan fingerprint density at radius 2 is 1.74 bits per heavy atom. The van der Waals surface area contributed by atoms with Crippen molar-refractivity contribution in [2.45, 2.75) is 69.9 Å². The van der Waals surface area contributed by atoms with Crippen LogP contribution >= 0.6 is 0 Å².